The van der Waals surface area contributed by atoms with Crippen molar-refractivity contribution in [2.24, 2.45) is 17.8 Å². The number of carboxylic acid groups (broad SMARTS) is 1. The van der Waals surface area contributed by atoms with Crippen molar-refractivity contribution < 1.29 is 14.7 Å². The molecular formula is C16H28N2O3. The largest absolute Gasteiger partial charge is 0.481 e. The molecule has 2 rings (SSSR count). The molecule has 2 atom stereocenters. The number of rotatable bonds is 5. The van der Waals surface area contributed by atoms with Crippen molar-refractivity contribution in [2.45, 2.75) is 39.5 Å². The molecule has 5 heteroatoms. The van der Waals surface area contributed by atoms with E-state index < -0.39 is 5.97 Å². The number of carbonyl (C=O) groups excluding carboxylic acids is 1. The summed E-state index contributed by atoms with van der Waals surface area (Å²) in [5.74, 6) is -0.221. The van der Waals surface area contributed by atoms with Gasteiger partial charge in [-0.25, -0.2) is 0 Å². The molecule has 1 heterocycles. The highest BCUT2D eigenvalue weighted by Crippen LogP contribution is 2.32. The highest BCUT2D eigenvalue weighted by atomic mass is 16.4. The van der Waals surface area contributed by atoms with Gasteiger partial charge in [-0.1, -0.05) is 13.8 Å². The minimum Gasteiger partial charge on any atom is -0.481 e. The van der Waals surface area contributed by atoms with Gasteiger partial charge in [0.1, 0.15) is 0 Å². The summed E-state index contributed by atoms with van der Waals surface area (Å²) in [5.41, 5.74) is 0. The molecule has 1 saturated carbocycles. The first-order chi connectivity index (χ1) is 9.97. The zero-order chi connectivity index (χ0) is 15.4. The first kappa shape index (κ1) is 16.3. The van der Waals surface area contributed by atoms with E-state index in [9.17, 15) is 9.59 Å². The van der Waals surface area contributed by atoms with Crippen molar-refractivity contribution in [2.75, 3.05) is 32.7 Å². The van der Waals surface area contributed by atoms with Gasteiger partial charge in [0.05, 0.1) is 5.92 Å². The van der Waals surface area contributed by atoms with Crippen LogP contribution in [-0.2, 0) is 9.59 Å². The fourth-order valence-corrected chi connectivity index (χ4v) is 3.32. The molecule has 0 aromatic carbocycles. The van der Waals surface area contributed by atoms with Gasteiger partial charge in [0.15, 0.2) is 0 Å². The van der Waals surface area contributed by atoms with E-state index in [0.717, 1.165) is 45.1 Å². The fourth-order valence-electron chi connectivity index (χ4n) is 3.32. The van der Waals surface area contributed by atoms with Crippen molar-refractivity contribution >= 4 is 11.9 Å². The lowest BCUT2D eigenvalue weighted by Crippen LogP contribution is -2.50. The third-order valence-electron chi connectivity index (χ3n) is 4.84. The molecule has 2 fully saturated rings. The van der Waals surface area contributed by atoms with Crippen LogP contribution in [-0.4, -0.2) is 59.5 Å². The zero-order valence-corrected chi connectivity index (χ0v) is 13.3. The van der Waals surface area contributed by atoms with Crippen molar-refractivity contribution in [1.29, 1.82) is 0 Å². The molecule has 0 aromatic rings. The standard InChI is InChI=1S/C16H28N2O3/c1-12(2)5-6-17-7-9-18(10-8-17)15(19)13-3-4-14(11-13)16(20)21/h12-14H,3-11H2,1-2H3,(H,20,21). The van der Waals surface area contributed by atoms with Crippen LogP contribution in [0.5, 0.6) is 0 Å². The topological polar surface area (TPSA) is 60.9 Å². The molecule has 1 aliphatic heterocycles. The molecule has 21 heavy (non-hydrogen) atoms. The van der Waals surface area contributed by atoms with Crippen molar-refractivity contribution in [3.05, 3.63) is 0 Å². The zero-order valence-electron chi connectivity index (χ0n) is 13.3. The fraction of sp³-hybridized carbons (Fsp3) is 0.875. The summed E-state index contributed by atoms with van der Waals surface area (Å²) in [6, 6.07) is 0. The Bertz CT molecular complexity index is 376. The highest BCUT2D eigenvalue weighted by molar-refractivity contribution is 5.81. The Morgan fingerprint density at radius 1 is 1.10 bits per heavy atom. The number of carbonyl (C=O) groups is 2. The molecule has 2 aliphatic rings. The quantitative estimate of drug-likeness (QED) is 0.838. The molecule has 5 nitrogen and oxygen atoms in total. The van der Waals surface area contributed by atoms with Gasteiger partial charge < -0.3 is 10.0 Å². The van der Waals surface area contributed by atoms with Crippen LogP contribution < -0.4 is 0 Å². The molecule has 1 saturated heterocycles. The predicted molar refractivity (Wildman–Crippen MR) is 80.9 cm³/mol. The van der Waals surface area contributed by atoms with Gasteiger partial charge in [0.2, 0.25) is 5.91 Å². The van der Waals surface area contributed by atoms with Crippen LogP contribution in [0.25, 0.3) is 0 Å². The number of nitrogens with zero attached hydrogens (tertiary/aromatic N) is 2. The highest BCUT2D eigenvalue weighted by Gasteiger charge is 2.36. The Morgan fingerprint density at radius 2 is 1.71 bits per heavy atom. The molecule has 0 radical (unpaired) electrons. The first-order valence-electron chi connectivity index (χ1n) is 8.21. The maximum atomic E-state index is 12.5. The van der Waals surface area contributed by atoms with Crippen molar-refractivity contribution in [3.8, 4) is 0 Å². The minimum atomic E-state index is -0.746. The van der Waals surface area contributed by atoms with E-state index in [0.29, 0.717) is 12.8 Å². The molecule has 0 aromatic heterocycles. The monoisotopic (exact) mass is 296 g/mol. The third kappa shape index (κ3) is 4.43. The lowest BCUT2D eigenvalue weighted by molar-refractivity contribution is -0.142. The second-order valence-electron chi connectivity index (χ2n) is 6.89. The van der Waals surface area contributed by atoms with E-state index in [1.54, 1.807) is 0 Å². The first-order valence-corrected chi connectivity index (χ1v) is 8.21. The maximum Gasteiger partial charge on any atom is 0.306 e. The molecule has 1 aliphatic carbocycles. The Labute approximate surface area is 127 Å². The Balaban J connectivity index is 1.75. The molecular weight excluding hydrogens is 268 g/mol. The van der Waals surface area contributed by atoms with Crippen LogP contribution in [0.2, 0.25) is 0 Å². The van der Waals surface area contributed by atoms with Gasteiger partial charge in [-0.15, -0.1) is 0 Å². The van der Waals surface area contributed by atoms with E-state index >= 15 is 0 Å². The summed E-state index contributed by atoms with van der Waals surface area (Å²) < 4.78 is 0. The molecule has 1 amide bonds. The smallest absolute Gasteiger partial charge is 0.306 e. The van der Waals surface area contributed by atoms with E-state index in [-0.39, 0.29) is 17.7 Å². The number of piperazine rings is 1. The van der Waals surface area contributed by atoms with Crippen LogP contribution in [0.4, 0.5) is 0 Å². The van der Waals surface area contributed by atoms with E-state index in [2.05, 4.69) is 18.7 Å². The lowest BCUT2D eigenvalue weighted by atomic mass is 10.0. The summed E-state index contributed by atoms with van der Waals surface area (Å²) in [4.78, 5) is 27.8. The van der Waals surface area contributed by atoms with Gasteiger partial charge in [-0.3, -0.25) is 14.5 Å². The average molecular weight is 296 g/mol. The van der Waals surface area contributed by atoms with Crippen LogP contribution in [0.1, 0.15) is 39.5 Å². The van der Waals surface area contributed by atoms with E-state index in [4.69, 9.17) is 5.11 Å². The van der Waals surface area contributed by atoms with Crippen LogP contribution in [0.3, 0.4) is 0 Å². The number of hydrogen-bond acceptors (Lipinski definition) is 3. The molecule has 0 spiro atoms. The summed E-state index contributed by atoms with van der Waals surface area (Å²) in [5, 5.41) is 9.03. The minimum absolute atomic E-state index is 0.0617. The molecule has 0 bridgehead atoms. The summed E-state index contributed by atoms with van der Waals surface area (Å²) in [6.45, 7) is 9.08. The number of carboxylic acids is 1. The Hall–Kier alpha value is -1.10. The second kappa shape index (κ2) is 7.25. The van der Waals surface area contributed by atoms with Gasteiger partial charge in [0.25, 0.3) is 0 Å². The van der Waals surface area contributed by atoms with Crippen LogP contribution in [0, 0.1) is 17.8 Å². The summed E-state index contributed by atoms with van der Waals surface area (Å²) >= 11 is 0. The molecule has 1 N–H and O–H groups in total. The lowest BCUT2D eigenvalue weighted by Gasteiger charge is -2.36. The normalized spacial score (nSPS) is 27.3. The maximum absolute atomic E-state index is 12.5. The molecule has 2 unspecified atom stereocenters. The third-order valence-corrected chi connectivity index (χ3v) is 4.84. The second-order valence-corrected chi connectivity index (χ2v) is 6.89. The van der Waals surface area contributed by atoms with E-state index in [1.807, 2.05) is 4.90 Å². The van der Waals surface area contributed by atoms with Gasteiger partial charge in [-0.05, 0) is 38.1 Å². The number of aliphatic carboxylic acids is 1. The van der Waals surface area contributed by atoms with Gasteiger partial charge in [-0.2, -0.15) is 0 Å². The van der Waals surface area contributed by atoms with Gasteiger partial charge >= 0.3 is 5.97 Å². The average Bonchev–Trinajstić information content (AvgIpc) is 2.95. The number of hydrogen-bond donors (Lipinski definition) is 1. The molecule has 120 valence electrons. The number of amides is 1. The summed E-state index contributed by atoms with van der Waals surface area (Å²) in [6.07, 6.45) is 3.13. The predicted octanol–water partition coefficient (Wildman–Crippen LogP) is 1.68. The SMILES string of the molecule is CC(C)CCN1CCN(C(=O)C2CCC(C(=O)O)C2)CC1. The Morgan fingerprint density at radius 3 is 2.24 bits per heavy atom. The Kier molecular flexibility index (Phi) is 5.62. The van der Waals surface area contributed by atoms with Crippen molar-refractivity contribution in [3.63, 3.8) is 0 Å². The van der Waals surface area contributed by atoms with E-state index in [1.165, 1.54) is 6.42 Å². The van der Waals surface area contributed by atoms with Gasteiger partial charge in [0, 0.05) is 32.1 Å². The summed E-state index contributed by atoms with van der Waals surface area (Å²) in [7, 11) is 0. The van der Waals surface area contributed by atoms with Crippen LogP contribution in [0.15, 0.2) is 0 Å². The van der Waals surface area contributed by atoms with Crippen molar-refractivity contribution in [1.82, 2.24) is 9.80 Å². The van der Waals surface area contributed by atoms with Crippen LogP contribution >= 0.6 is 0 Å².